The third-order valence-electron chi connectivity index (χ3n) is 6.87. The summed E-state index contributed by atoms with van der Waals surface area (Å²) in [5, 5.41) is 8.63. The molecule has 0 saturated heterocycles. The fraction of sp³-hybridized carbons (Fsp3) is 0.207. The lowest BCUT2D eigenvalue weighted by Gasteiger charge is -2.40. The molecule has 6 rings (SSSR count). The molecule has 2 heteroatoms. The Bertz CT molecular complexity index is 1400. The fourth-order valence-corrected chi connectivity index (χ4v) is 5.57. The molecule has 1 aliphatic carbocycles. The number of nitrogens with one attached hydrogen (secondary N) is 1. The lowest BCUT2D eigenvalue weighted by atomic mass is 9.67. The number of hydrogen-bond acceptors (Lipinski definition) is 2. The topological polar surface area (TPSA) is 29.1 Å². The maximum atomic E-state index is 13.6. The van der Waals surface area contributed by atoms with E-state index in [0.29, 0.717) is 6.42 Å². The largest absolute Gasteiger partial charge is 0.373 e. The van der Waals surface area contributed by atoms with Crippen molar-refractivity contribution in [2.75, 3.05) is 5.32 Å². The number of carbonyl (C=O) groups is 1. The predicted octanol–water partition coefficient (Wildman–Crippen LogP) is 7.30. The molecule has 152 valence electrons. The molecule has 4 aromatic carbocycles. The van der Waals surface area contributed by atoms with Crippen molar-refractivity contribution in [2.24, 2.45) is 5.41 Å². The number of allylic oxidation sites excluding steroid dienone is 1. The predicted molar refractivity (Wildman–Crippen MR) is 129 cm³/mol. The Morgan fingerprint density at radius 1 is 0.774 bits per heavy atom. The highest BCUT2D eigenvalue weighted by atomic mass is 16.1. The van der Waals surface area contributed by atoms with Gasteiger partial charge in [-0.15, -0.1) is 0 Å². The fourth-order valence-electron chi connectivity index (χ4n) is 5.57. The molecule has 2 aliphatic rings. The van der Waals surface area contributed by atoms with E-state index in [9.17, 15) is 4.79 Å². The first kappa shape index (κ1) is 18.4. The van der Waals surface area contributed by atoms with Crippen LogP contribution in [0.15, 0.2) is 84.4 Å². The molecule has 1 heterocycles. The molecule has 0 fully saturated rings. The monoisotopic (exact) mass is 403 g/mol. The standard InChI is InChI=1S/C29H25NO/c1-29(2)16-23-26-21-12-6-4-9-19(21)14-15-24(26)30-28(27(23)25(31)17-29)22-13-7-10-18-8-3-5-11-20(18)22/h3-15,28,30H,16-17H2,1-2H3. The maximum Gasteiger partial charge on any atom is 0.162 e. The second-order valence-corrected chi connectivity index (χ2v) is 9.69. The van der Waals surface area contributed by atoms with Gasteiger partial charge in [0.1, 0.15) is 0 Å². The molecule has 1 N–H and O–H groups in total. The quantitative estimate of drug-likeness (QED) is 0.361. The summed E-state index contributed by atoms with van der Waals surface area (Å²) in [6, 6.07) is 27.6. The van der Waals surface area contributed by atoms with Gasteiger partial charge in [-0.2, -0.15) is 0 Å². The van der Waals surface area contributed by atoms with Gasteiger partial charge in [0.2, 0.25) is 0 Å². The van der Waals surface area contributed by atoms with Crippen molar-refractivity contribution in [1.29, 1.82) is 0 Å². The third-order valence-corrected chi connectivity index (χ3v) is 6.87. The van der Waals surface area contributed by atoms with E-state index in [4.69, 9.17) is 0 Å². The molecule has 0 aromatic heterocycles. The summed E-state index contributed by atoms with van der Waals surface area (Å²) in [5.74, 6) is 0.273. The molecule has 1 unspecified atom stereocenters. The molecular weight excluding hydrogens is 378 g/mol. The molecule has 0 radical (unpaired) electrons. The highest BCUT2D eigenvalue weighted by molar-refractivity contribution is 6.13. The zero-order chi connectivity index (χ0) is 21.2. The normalized spacial score (nSPS) is 19.8. The van der Waals surface area contributed by atoms with Crippen LogP contribution in [0, 0.1) is 5.41 Å². The van der Waals surface area contributed by atoms with Crippen molar-refractivity contribution >= 4 is 38.6 Å². The minimum atomic E-state index is -0.127. The molecule has 2 nitrogen and oxygen atoms in total. The van der Waals surface area contributed by atoms with Crippen molar-refractivity contribution in [1.82, 2.24) is 0 Å². The average Bonchev–Trinajstić information content (AvgIpc) is 2.77. The molecule has 1 atom stereocenters. The van der Waals surface area contributed by atoms with E-state index in [1.165, 1.54) is 38.2 Å². The first-order chi connectivity index (χ1) is 15.0. The van der Waals surface area contributed by atoms with E-state index in [2.05, 4.69) is 98.0 Å². The summed E-state index contributed by atoms with van der Waals surface area (Å²) in [6.07, 6.45) is 1.51. The zero-order valence-corrected chi connectivity index (χ0v) is 17.9. The van der Waals surface area contributed by atoms with Crippen LogP contribution in [0.5, 0.6) is 0 Å². The van der Waals surface area contributed by atoms with Crippen LogP contribution in [0.1, 0.15) is 43.9 Å². The molecular formula is C29H25NO. The van der Waals surface area contributed by atoms with Gasteiger partial charge in [-0.1, -0.05) is 86.6 Å². The van der Waals surface area contributed by atoms with Gasteiger partial charge in [0.15, 0.2) is 5.78 Å². The van der Waals surface area contributed by atoms with Gasteiger partial charge in [0.25, 0.3) is 0 Å². The number of ketones is 1. The number of Topliss-reactive ketones (excluding diaryl/α,β-unsaturated/α-hetero) is 1. The van der Waals surface area contributed by atoms with E-state index in [1.54, 1.807) is 0 Å². The van der Waals surface area contributed by atoms with Crippen LogP contribution in [0.25, 0.3) is 27.1 Å². The Balaban J connectivity index is 1.67. The SMILES string of the molecule is CC1(C)CC(=O)C2=C(C1)c1c(ccc3ccccc13)NC2c1cccc2ccccc12. The molecule has 0 bridgehead atoms. The number of carbonyl (C=O) groups excluding carboxylic acids is 1. The molecule has 0 spiro atoms. The van der Waals surface area contributed by atoms with E-state index < -0.39 is 0 Å². The first-order valence-corrected chi connectivity index (χ1v) is 11.0. The van der Waals surface area contributed by atoms with Crippen molar-refractivity contribution in [3.05, 3.63) is 95.6 Å². The first-order valence-electron chi connectivity index (χ1n) is 11.0. The lowest BCUT2D eigenvalue weighted by Crippen LogP contribution is -2.33. The van der Waals surface area contributed by atoms with Crippen LogP contribution in [-0.2, 0) is 4.79 Å². The summed E-state index contributed by atoms with van der Waals surface area (Å²) in [4.78, 5) is 13.6. The number of anilines is 1. The number of rotatable bonds is 1. The molecule has 4 aromatic rings. The molecule has 31 heavy (non-hydrogen) atoms. The minimum absolute atomic E-state index is 0.0369. The van der Waals surface area contributed by atoms with Gasteiger partial charge in [-0.3, -0.25) is 4.79 Å². The van der Waals surface area contributed by atoms with Crippen molar-refractivity contribution in [3.63, 3.8) is 0 Å². The Labute approximate surface area is 182 Å². The van der Waals surface area contributed by atoms with Crippen LogP contribution in [0.3, 0.4) is 0 Å². The summed E-state index contributed by atoms with van der Waals surface area (Å²) < 4.78 is 0. The highest BCUT2D eigenvalue weighted by Gasteiger charge is 2.41. The van der Waals surface area contributed by atoms with Gasteiger partial charge in [0, 0.05) is 23.2 Å². The molecule has 1 aliphatic heterocycles. The number of hydrogen-bond donors (Lipinski definition) is 1. The van der Waals surface area contributed by atoms with E-state index in [0.717, 1.165) is 17.7 Å². The van der Waals surface area contributed by atoms with Crippen molar-refractivity contribution < 1.29 is 4.79 Å². The van der Waals surface area contributed by atoms with Crippen LogP contribution >= 0.6 is 0 Å². The van der Waals surface area contributed by atoms with Crippen LogP contribution < -0.4 is 5.32 Å². The van der Waals surface area contributed by atoms with Gasteiger partial charge >= 0.3 is 0 Å². The van der Waals surface area contributed by atoms with Crippen LogP contribution in [0.4, 0.5) is 5.69 Å². The van der Waals surface area contributed by atoms with E-state index >= 15 is 0 Å². The molecule has 0 amide bonds. The van der Waals surface area contributed by atoms with Gasteiger partial charge in [-0.25, -0.2) is 0 Å². The van der Waals surface area contributed by atoms with Gasteiger partial charge < -0.3 is 5.32 Å². The Kier molecular flexibility index (Phi) is 3.89. The second kappa shape index (κ2) is 6.55. The van der Waals surface area contributed by atoms with Crippen molar-refractivity contribution in [2.45, 2.75) is 32.7 Å². The van der Waals surface area contributed by atoms with Crippen molar-refractivity contribution in [3.8, 4) is 0 Å². The Morgan fingerprint density at radius 3 is 2.26 bits per heavy atom. The Morgan fingerprint density at radius 2 is 1.45 bits per heavy atom. The van der Waals surface area contributed by atoms with E-state index in [-0.39, 0.29) is 17.2 Å². The maximum absolute atomic E-state index is 13.6. The Hall–Kier alpha value is -3.39. The minimum Gasteiger partial charge on any atom is -0.373 e. The second-order valence-electron chi connectivity index (χ2n) is 9.69. The third kappa shape index (κ3) is 2.82. The van der Waals surface area contributed by atoms with Crippen LogP contribution in [-0.4, -0.2) is 5.78 Å². The van der Waals surface area contributed by atoms with Gasteiger partial charge in [-0.05, 0) is 50.6 Å². The molecule has 0 saturated carbocycles. The van der Waals surface area contributed by atoms with Gasteiger partial charge in [0.05, 0.1) is 6.04 Å². The lowest BCUT2D eigenvalue weighted by molar-refractivity contribution is -0.118. The summed E-state index contributed by atoms with van der Waals surface area (Å²) in [6.45, 7) is 4.43. The summed E-state index contributed by atoms with van der Waals surface area (Å²) >= 11 is 0. The summed E-state index contributed by atoms with van der Waals surface area (Å²) in [7, 11) is 0. The van der Waals surface area contributed by atoms with E-state index in [1.807, 2.05) is 0 Å². The van der Waals surface area contributed by atoms with Crippen LogP contribution in [0.2, 0.25) is 0 Å². The average molecular weight is 404 g/mol. The summed E-state index contributed by atoms with van der Waals surface area (Å²) in [5.41, 5.74) is 5.67. The zero-order valence-electron chi connectivity index (χ0n) is 17.9. The number of benzene rings is 4. The number of fused-ring (bicyclic) bond motifs is 5. The highest BCUT2D eigenvalue weighted by Crippen LogP contribution is 2.52. The smallest absolute Gasteiger partial charge is 0.162 e.